The van der Waals surface area contributed by atoms with E-state index in [0.717, 1.165) is 11.1 Å². The van der Waals surface area contributed by atoms with Crippen molar-refractivity contribution in [3.8, 4) is 0 Å². The quantitative estimate of drug-likeness (QED) is 0.902. The van der Waals surface area contributed by atoms with E-state index in [4.69, 9.17) is 5.73 Å². The number of hydrogen-bond donors (Lipinski definition) is 2. The van der Waals surface area contributed by atoms with Gasteiger partial charge in [-0.25, -0.2) is 9.97 Å². The second-order valence-corrected chi connectivity index (χ2v) is 4.58. The Morgan fingerprint density at radius 2 is 2.11 bits per heavy atom. The number of nitrogens with zero attached hydrogens (tertiary/aromatic N) is 3. The molecule has 0 aromatic carbocycles. The van der Waals surface area contributed by atoms with E-state index in [1.165, 1.54) is 11.3 Å². The number of nitrogen functional groups attached to an aromatic ring is 1. The topological polar surface area (TPSA) is 76.7 Å². The zero-order valence-corrected chi connectivity index (χ0v) is 10.4. The molecule has 5 nitrogen and oxygen atoms in total. The van der Waals surface area contributed by atoms with Crippen molar-refractivity contribution in [3.63, 3.8) is 0 Å². The number of alkyl halides is 3. The third kappa shape index (κ3) is 3.78. The largest absolute Gasteiger partial charge is 0.433 e. The summed E-state index contributed by atoms with van der Waals surface area (Å²) < 4.78 is 37.5. The standard InChI is InChI=1S/C10H10F3N5S/c11-10(12,13)6-5-7(18-9(14)17-6)15-2-1-8-16-3-4-19-8/h3-5H,1-2H2,(H3,14,15,17,18). The Hall–Kier alpha value is -1.90. The van der Waals surface area contributed by atoms with E-state index in [0.29, 0.717) is 13.0 Å². The highest BCUT2D eigenvalue weighted by Crippen LogP contribution is 2.29. The van der Waals surface area contributed by atoms with Gasteiger partial charge in [0.25, 0.3) is 0 Å². The molecule has 2 aromatic rings. The Morgan fingerprint density at radius 1 is 1.32 bits per heavy atom. The summed E-state index contributed by atoms with van der Waals surface area (Å²) >= 11 is 1.48. The summed E-state index contributed by atoms with van der Waals surface area (Å²) in [5.41, 5.74) is 4.19. The van der Waals surface area contributed by atoms with E-state index in [1.54, 1.807) is 6.20 Å². The van der Waals surface area contributed by atoms with Crippen LogP contribution in [-0.2, 0) is 12.6 Å². The predicted octanol–water partition coefficient (Wildman–Crippen LogP) is 2.19. The molecule has 2 aromatic heterocycles. The molecular weight excluding hydrogens is 279 g/mol. The highest BCUT2D eigenvalue weighted by atomic mass is 32.1. The third-order valence-electron chi connectivity index (χ3n) is 2.16. The smallest absolute Gasteiger partial charge is 0.369 e. The van der Waals surface area contributed by atoms with Crippen molar-refractivity contribution in [1.29, 1.82) is 0 Å². The SMILES string of the molecule is Nc1nc(NCCc2nccs2)cc(C(F)(F)F)n1. The van der Waals surface area contributed by atoms with E-state index in [2.05, 4.69) is 20.3 Å². The molecule has 2 rings (SSSR count). The average molecular weight is 289 g/mol. The van der Waals surface area contributed by atoms with Crippen molar-refractivity contribution in [2.24, 2.45) is 0 Å². The van der Waals surface area contributed by atoms with E-state index in [1.807, 2.05) is 5.38 Å². The van der Waals surface area contributed by atoms with Gasteiger partial charge in [0.2, 0.25) is 5.95 Å². The normalized spacial score (nSPS) is 11.5. The molecule has 0 aliphatic heterocycles. The summed E-state index contributed by atoms with van der Waals surface area (Å²) in [7, 11) is 0. The number of thiazole rings is 1. The van der Waals surface area contributed by atoms with Gasteiger partial charge in [0.05, 0.1) is 5.01 Å². The fourth-order valence-corrected chi connectivity index (χ4v) is 2.00. The van der Waals surface area contributed by atoms with Crippen molar-refractivity contribution in [1.82, 2.24) is 15.0 Å². The molecule has 0 spiro atoms. The number of rotatable bonds is 4. The highest BCUT2D eigenvalue weighted by Gasteiger charge is 2.33. The van der Waals surface area contributed by atoms with Crippen LogP contribution < -0.4 is 11.1 Å². The first kappa shape index (κ1) is 13.5. The maximum Gasteiger partial charge on any atom is 0.433 e. The third-order valence-corrected chi connectivity index (χ3v) is 3.00. The molecule has 19 heavy (non-hydrogen) atoms. The first-order chi connectivity index (χ1) is 8.95. The molecule has 102 valence electrons. The van der Waals surface area contributed by atoms with Gasteiger partial charge in [0.1, 0.15) is 5.82 Å². The van der Waals surface area contributed by atoms with Crippen LogP contribution in [0.5, 0.6) is 0 Å². The maximum absolute atomic E-state index is 12.5. The van der Waals surface area contributed by atoms with Crippen LogP contribution in [-0.4, -0.2) is 21.5 Å². The summed E-state index contributed by atoms with van der Waals surface area (Å²) in [6.45, 7) is 0.418. The summed E-state index contributed by atoms with van der Waals surface area (Å²) in [4.78, 5) is 10.9. The molecule has 2 heterocycles. The lowest BCUT2D eigenvalue weighted by Gasteiger charge is -2.09. The molecule has 0 amide bonds. The van der Waals surface area contributed by atoms with E-state index >= 15 is 0 Å². The molecule has 0 aliphatic carbocycles. The molecule has 0 atom stereocenters. The first-order valence-electron chi connectivity index (χ1n) is 5.29. The number of aromatic nitrogens is 3. The van der Waals surface area contributed by atoms with Crippen LogP contribution >= 0.6 is 11.3 Å². The Labute approximate surface area is 110 Å². The van der Waals surface area contributed by atoms with Crippen molar-refractivity contribution >= 4 is 23.1 Å². The first-order valence-corrected chi connectivity index (χ1v) is 6.17. The molecule has 0 saturated carbocycles. The van der Waals surface area contributed by atoms with Gasteiger partial charge < -0.3 is 11.1 Å². The van der Waals surface area contributed by atoms with Crippen molar-refractivity contribution < 1.29 is 13.2 Å². The molecule has 3 N–H and O–H groups in total. The molecule has 0 fully saturated rings. The Balaban J connectivity index is 2.02. The zero-order chi connectivity index (χ0) is 13.9. The Bertz CT molecular complexity index is 541. The van der Waals surface area contributed by atoms with Gasteiger partial charge in [0, 0.05) is 30.6 Å². The van der Waals surface area contributed by atoms with E-state index < -0.39 is 17.8 Å². The van der Waals surface area contributed by atoms with Gasteiger partial charge >= 0.3 is 6.18 Å². The number of hydrogen-bond acceptors (Lipinski definition) is 6. The molecule has 0 unspecified atom stereocenters. The minimum atomic E-state index is -4.54. The minimum Gasteiger partial charge on any atom is -0.369 e. The van der Waals surface area contributed by atoms with Crippen LogP contribution in [0.1, 0.15) is 10.7 Å². The van der Waals surface area contributed by atoms with Gasteiger partial charge in [0.15, 0.2) is 5.69 Å². The minimum absolute atomic E-state index is 0.0522. The van der Waals surface area contributed by atoms with Crippen LogP contribution in [0.25, 0.3) is 0 Å². The molecule has 0 saturated heterocycles. The fourth-order valence-electron chi connectivity index (χ4n) is 1.38. The second kappa shape index (κ2) is 5.39. The summed E-state index contributed by atoms with van der Waals surface area (Å²) in [6, 6.07) is 0.832. The van der Waals surface area contributed by atoms with Gasteiger partial charge in [-0.3, -0.25) is 0 Å². The molecule has 0 aliphatic rings. The predicted molar refractivity (Wildman–Crippen MR) is 65.8 cm³/mol. The van der Waals surface area contributed by atoms with Crippen LogP contribution in [0.3, 0.4) is 0 Å². The summed E-state index contributed by atoms with van der Waals surface area (Å²) in [5, 5.41) is 5.50. The lowest BCUT2D eigenvalue weighted by atomic mass is 10.3. The maximum atomic E-state index is 12.5. The summed E-state index contributed by atoms with van der Waals surface area (Å²) in [6.07, 6.45) is -2.27. The number of nitrogens with one attached hydrogen (secondary N) is 1. The number of anilines is 2. The average Bonchev–Trinajstić information content (AvgIpc) is 2.80. The second-order valence-electron chi connectivity index (χ2n) is 3.60. The number of nitrogens with two attached hydrogens (primary N) is 1. The number of halogens is 3. The molecule has 0 bridgehead atoms. The van der Waals surface area contributed by atoms with Gasteiger partial charge in [-0.2, -0.15) is 18.2 Å². The van der Waals surface area contributed by atoms with E-state index in [-0.39, 0.29) is 5.82 Å². The van der Waals surface area contributed by atoms with Crippen LogP contribution in [0.15, 0.2) is 17.6 Å². The highest BCUT2D eigenvalue weighted by molar-refractivity contribution is 7.09. The Kier molecular flexibility index (Phi) is 3.84. The van der Waals surface area contributed by atoms with Crippen molar-refractivity contribution in [2.75, 3.05) is 17.6 Å². The zero-order valence-electron chi connectivity index (χ0n) is 9.61. The van der Waals surface area contributed by atoms with Crippen LogP contribution in [0, 0.1) is 0 Å². The van der Waals surface area contributed by atoms with Gasteiger partial charge in [-0.1, -0.05) is 0 Å². The van der Waals surface area contributed by atoms with Gasteiger partial charge in [-0.05, 0) is 0 Å². The monoisotopic (exact) mass is 289 g/mol. The van der Waals surface area contributed by atoms with E-state index in [9.17, 15) is 13.2 Å². The molecular formula is C10H10F3N5S. The van der Waals surface area contributed by atoms with Crippen molar-refractivity contribution in [2.45, 2.75) is 12.6 Å². The lowest BCUT2D eigenvalue weighted by Crippen LogP contribution is -2.14. The van der Waals surface area contributed by atoms with Gasteiger partial charge in [-0.15, -0.1) is 11.3 Å². The summed E-state index contributed by atoms with van der Waals surface area (Å²) in [5.74, 6) is -0.358. The van der Waals surface area contributed by atoms with Crippen molar-refractivity contribution in [3.05, 3.63) is 28.3 Å². The van der Waals surface area contributed by atoms with Crippen LogP contribution in [0.2, 0.25) is 0 Å². The Morgan fingerprint density at radius 3 is 2.74 bits per heavy atom. The fraction of sp³-hybridized carbons (Fsp3) is 0.300. The molecule has 9 heteroatoms. The van der Waals surface area contributed by atoms with Crippen LogP contribution in [0.4, 0.5) is 24.9 Å². The molecule has 0 radical (unpaired) electrons. The lowest BCUT2D eigenvalue weighted by molar-refractivity contribution is -0.141.